The Labute approximate surface area is 194 Å². The van der Waals surface area contributed by atoms with Gasteiger partial charge in [-0.25, -0.2) is 13.8 Å². The summed E-state index contributed by atoms with van der Waals surface area (Å²) < 4.78 is 36.7. The number of ether oxygens (including phenoxy) is 2. The maximum absolute atomic E-state index is 12.3. The summed E-state index contributed by atoms with van der Waals surface area (Å²) in [6, 6.07) is 9.74. The van der Waals surface area contributed by atoms with Crippen molar-refractivity contribution in [2.45, 2.75) is 0 Å². The SMILES string of the molecule is C=CCOc1c(Br)cc(/C=N\NC(=O)CN(c2ccccc2Cl)S(C)(=O)=O)cc1OC. The summed E-state index contributed by atoms with van der Waals surface area (Å²) in [5.41, 5.74) is 3.12. The van der Waals surface area contributed by atoms with Crippen LogP contribution in [0.4, 0.5) is 5.69 Å². The summed E-state index contributed by atoms with van der Waals surface area (Å²) in [6.07, 6.45) is 3.99. The number of benzene rings is 2. The number of para-hydroxylation sites is 1. The number of nitrogens with one attached hydrogen (secondary N) is 1. The molecule has 0 atom stereocenters. The molecule has 31 heavy (non-hydrogen) atoms. The molecule has 0 aliphatic heterocycles. The lowest BCUT2D eigenvalue weighted by atomic mass is 10.2. The van der Waals surface area contributed by atoms with Crippen molar-refractivity contribution in [2.75, 3.05) is 30.8 Å². The molecule has 0 aromatic heterocycles. The highest BCUT2D eigenvalue weighted by atomic mass is 79.9. The molecule has 2 aromatic carbocycles. The zero-order valence-electron chi connectivity index (χ0n) is 16.8. The molecule has 0 aliphatic rings. The predicted molar refractivity (Wildman–Crippen MR) is 126 cm³/mol. The van der Waals surface area contributed by atoms with Crippen LogP contribution in [0.2, 0.25) is 5.02 Å². The number of carbonyl (C=O) groups is 1. The molecule has 166 valence electrons. The number of nitrogens with zero attached hydrogens (tertiary/aromatic N) is 2. The third kappa shape index (κ3) is 6.98. The lowest BCUT2D eigenvalue weighted by molar-refractivity contribution is -0.119. The second-order valence-electron chi connectivity index (χ2n) is 6.15. The number of sulfonamides is 1. The van der Waals surface area contributed by atoms with Crippen LogP contribution in [0, 0.1) is 0 Å². The first-order chi connectivity index (χ1) is 14.7. The van der Waals surface area contributed by atoms with Gasteiger partial charge in [0.05, 0.1) is 34.8 Å². The second kappa shape index (κ2) is 11.2. The molecular formula is C20H21BrClN3O5S. The summed E-state index contributed by atoms with van der Waals surface area (Å²) in [4.78, 5) is 12.3. The monoisotopic (exact) mass is 529 g/mol. The third-order valence-corrected chi connectivity index (χ3v) is 5.84. The van der Waals surface area contributed by atoms with Gasteiger partial charge in [0, 0.05) is 0 Å². The van der Waals surface area contributed by atoms with Gasteiger partial charge in [0.15, 0.2) is 11.5 Å². The van der Waals surface area contributed by atoms with E-state index in [0.717, 1.165) is 10.6 Å². The number of rotatable bonds is 10. The van der Waals surface area contributed by atoms with Gasteiger partial charge in [-0.2, -0.15) is 5.10 Å². The number of anilines is 1. The van der Waals surface area contributed by atoms with E-state index in [2.05, 4.69) is 33.0 Å². The van der Waals surface area contributed by atoms with Gasteiger partial charge in [-0.15, -0.1) is 0 Å². The lowest BCUT2D eigenvalue weighted by Gasteiger charge is -2.22. The van der Waals surface area contributed by atoms with Crippen molar-refractivity contribution in [3.8, 4) is 11.5 Å². The molecule has 0 heterocycles. The minimum atomic E-state index is -3.75. The standard InChI is InChI=1S/C20H21BrClN3O5S/c1-4-9-30-20-15(21)10-14(11-18(20)29-2)12-23-24-19(26)13-25(31(3,27)28)17-8-6-5-7-16(17)22/h4-8,10-12H,1,9,13H2,2-3H3,(H,24,26)/b23-12-. The topological polar surface area (TPSA) is 97.3 Å². The van der Waals surface area contributed by atoms with Crippen molar-refractivity contribution in [3.05, 3.63) is 64.1 Å². The van der Waals surface area contributed by atoms with Crippen LogP contribution in [-0.4, -0.2) is 47.1 Å². The number of halogens is 2. The molecule has 1 N–H and O–H groups in total. The first kappa shape index (κ1) is 24.7. The lowest BCUT2D eigenvalue weighted by Crippen LogP contribution is -2.39. The summed E-state index contributed by atoms with van der Waals surface area (Å²) in [7, 11) is -2.25. The fourth-order valence-corrected chi connectivity index (χ4v) is 4.21. The van der Waals surface area contributed by atoms with Crippen LogP contribution >= 0.6 is 27.5 Å². The van der Waals surface area contributed by atoms with Gasteiger partial charge in [-0.3, -0.25) is 9.10 Å². The number of hydrazone groups is 1. The third-order valence-electron chi connectivity index (χ3n) is 3.81. The van der Waals surface area contributed by atoms with Gasteiger partial charge in [0.25, 0.3) is 5.91 Å². The van der Waals surface area contributed by atoms with E-state index < -0.39 is 22.5 Å². The van der Waals surface area contributed by atoms with Crippen LogP contribution in [0.15, 0.2) is 58.6 Å². The van der Waals surface area contributed by atoms with E-state index in [-0.39, 0.29) is 10.7 Å². The van der Waals surface area contributed by atoms with E-state index >= 15 is 0 Å². The maximum atomic E-state index is 12.3. The Hall–Kier alpha value is -2.56. The number of hydrogen-bond donors (Lipinski definition) is 1. The van der Waals surface area contributed by atoms with E-state index in [9.17, 15) is 13.2 Å². The Morgan fingerprint density at radius 2 is 2.06 bits per heavy atom. The highest BCUT2D eigenvalue weighted by molar-refractivity contribution is 9.10. The average molecular weight is 531 g/mol. The number of amides is 1. The molecule has 0 radical (unpaired) electrons. The minimum absolute atomic E-state index is 0.203. The summed E-state index contributed by atoms with van der Waals surface area (Å²) in [5.74, 6) is 0.330. The fourth-order valence-electron chi connectivity index (χ4n) is 2.48. The number of hydrogen-bond acceptors (Lipinski definition) is 6. The van der Waals surface area contributed by atoms with Gasteiger partial charge in [-0.05, 0) is 45.8 Å². The van der Waals surface area contributed by atoms with Crippen molar-refractivity contribution >= 4 is 55.4 Å². The molecule has 2 rings (SSSR count). The van der Waals surface area contributed by atoms with E-state index in [1.165, 1.54) is 19.4 Å². The van der Waals surface area contributed by atoms with Crippen LogP contribution in [0.25, 0.3) is 0 Å². The molecule has 0 spiro atoms. The second-order valence-corrected chi connectivity index (χ2v) is 9.32. The normalized spacial score (nSPS) is 11.2. The van der Waals surface area contributed by atoms with Crippen LogP contribution in [-0.2, 0) is 14.8 Å². The molecule has 0 bridgehead atoms. The summed E-state index contributed by atoms with van der Waals surface area (Å²) in [6.45, 7) is 3.43. The first-order valence-electron chi connectivity index (χ1n) is 8.82. The zero-order valence-corrected chi connectivity index (χ0v) is 20.0. The van der Waals surface area contributed by atoms with Gasteiger partial charge in [0.2, 0.25) is 10.0 Å². The molecule has 0 unspecified atom stereocenters. The highest BCUT2D eigenvalue weighted by Crippen LogP contribution is 2.36. The summed E-state index contributed by atoms with van der Waals surface area (Å²) >= 11 is 9.48. The Balaban J connectivity index is 2.13. The van der Waals surface area contributed by atoms with Crippen LogP contribution in [0.1, 0.15) is 5.56 Å². The smallest absolute Gasteiger partial charge is 0.260 e. The molecular weight excluding hydrogens is 510 g/mol. The van der Waals surface area contributed by atoms with Crippen molar-refractivity contribution in [2.24, 2.45) is 5.10 Å². The Bertz CT molecular complexity index is 1090. The van der Waals surface area contributed by atoms with E-state index in [0.29, 0.717) is 28.1 Å². The average Bonchev–Trinajstić information content (AvgIpc) is 2.70. The quantitative estimate of drug-likeness (QED) is 0.288. The number of methoxy groups -OCH3 is 1. The largest absolute Gasteiger partial charge is 0.493 e. The van der Waals surface area contributed by atoms with Gasteiger partial charge < -0.3 is 9.47 Å². The maximum Gasteiger partial charge on any atom is 0.260 e. The summed E-state index contributed by atoms with van der Waals surface area (Å²) in [5, 5.41) is 4.10. The Morgan fingerprint density at radius 1 is 1.35 bits per heavy atom. The van der Waals surface area contributed by atoms with Crippen molar-refractivity contribution in [1.82, 2.24) is 5.43 Å². The Morgan fingerprint density at radius 3 is 2.68 bits per heavy atom. The zero-order chi connectivity index (χ0) is 23.0. The first-order valence-corrected chi connectivity index (χ1v) is 11.8. The van der Waals surface area contributed by atoms with Gasteiger partial charge in [0.1, 0.15) is 13.2 Å². The van der Waals surface area contributed by atoms with Crippen LogP contribution in [0.3, 0.4) is 0 Å². The molecule has 11 heteroatoms. The van der Waals surface area contributed by atoms with Gasteiger partial charge in [-0.1, -0.05) is 36.4 Å². The fraction of sp³-hybridized carbons (Fsp3) is 0.200. The van der Waals surface area contributed by atoms with Crippen LogP contribution < -0.4 is 19.2 Å². The molecule has 0 saturated carbocycles. The van der Waals surface area contributed by atoms with Crippen LogP contribution in [0.5, 0.6) is 11.5 Å². The van der Waals surface area contributed by atoms with Crippen molar-refractivity contribution < 1.29 is 22.7 Å². The molecule has 8 nitrogen and oxygen atoms in total. The predicted octanol–water partition coefficient (Wildman–Crippen LogP) is 3.59. The van der Waals surface area contributed by atoms with E-state index in [4.69, 9.17) is 21.1 Å². The molecule has 1 amide bonds. The molecule has 0 aliphatic carbocycles. The van der Waals surface area contributed by atoms with E-state index in [1.807, 2.05) is 0 Å². The minimum Gasteiger partial charge on any atom is -0.493 e. The Kier molecular flexibility index (Phi) is 8.90. The van der Waals surface area contributed by atoms with Crippen molar-refractivity contribution in [1.29, 1.82) is 0 Å². The molecule has 0 saturated heterocycles. The molecule has 0 fully saturated rings. The van der Waals surface area contributed by atoms with Crippen molar-refractivity contribution in [3.63, 3.8) is 0 Å². The number of carbonyl (C=O) groups excluding carboxylic acids is 1. The van der Waals surface area contributed by atoms with E-state index in [1.54, 1.807) is 36.4 Å². The highest BCUT2D eigenvalue weighted by Gasteiger charge is 2.22. The molecule has 2 aromatic rings. The van der Waals surface area contributed by atoms with Gasteiger partial charge >= 0.3 is 0 Å².